The zero-order chi connectivity index (χ0) is 15.2. The maximum Gasteiger partial charge on any atom is 0.170 e. The summed E-state index contributed by atoms with van der Waals surface area (Å²) in [4.78, 5) is 12.9. The van der Waals surface area contributed by atoms with Crippen LogP contribution in [0.1, 0.15) is 54.6 Å². The van der Waals surface area contributed by atoms with E-state index in [2.05, 4.69) is 45.0 Å². The van der Waals surface area contributed by atoms with Crippen LogP contribution in [0.4, 0.5) is 0 Å². The smallest absolute Gasteiger partial charge is 0.170 e. The zero-order valence-electron chi connectivity index (χ0n) is 13.2. The third kappa shape index (κ3) is 3.60. The van der Waals surface area contributed by atoms with Gasteiger partial charge in [-0.15, -0.1) is 0 Å². The van der Waals surface area contributed by atoms with Crippen molar-refractivity contribution in [2.75, 3.05) is 0 Å². The number of hydrogen-bond acceptors (Lipinski definition) is 1. The summed E-state index contributed by atoms with van der Waals surface area (Å²) >= 11 is 0. The Morgan fingerprint density at radius 3 is 2.10 bits per heavy atom. The van der Waals surface area contributed by atoms with Gasteiger partial charge >= 0.3 is 0 Å². The average Bonchev–Trinajstić information content (AvgIpc) is 2.55. The second-order valence-corrected chi connectivity index (χ2v) is 5.69. The van der Waals surface area contributed by atoms with E-state index in [-0.39, 0.29) is 11.7 Å². The third-order valence-electron chi connectivity index (χ3n) is 4.30. The van der Waals surface area contributed by atoms with E-state index < -0.39 is 0 Å². The summed E-state index contributed by atoms with van der Waals surface area (Å²) in [6.07, 6.45) is 2.00. The summed E-state index contributed by atoms with van der Waals surface area (Å²) in [5.41, 5.74) is 3.21. The quantitative estimate of drug-likeness (QED) is 0.659. The molecule has 0 aromatic heterocycles. The predicted molar refractivity (Wildman–Crippen MR) is 88.8 cm³/mol. The average molecular weight is 280 g/mol. The molecule has 0 aliphatic heterocycles. The molecular weight excluding hydrogens is 256 g/mol. The molecule has 0 heterocycles. The van der Waals surface area contributed by atoms with Gasteiger partial charge in [0.2, 0.25) is 0 Å². The van der Waals surface area contributed by atoms with E-state index in [1.807, 2.05) is 30.3 Å². The number of carbonyl (C=O) groups excluding carboxylic acids is 1. The fraction of sp³-hybridized carbons (Fsp3) is 0.350. The molecule has 21 heavy (non-hydrogen) atoms. The van der Waals surface area contributed by atoms with Gasteiger partial charge in [0.05, 0.1) is 0 Å². The Hall–Kier alpha value is -1.89. The fourth-order valence-corrected chi connectivity index (χ4v) is 2.72. The van der Waals surface area contributed by atoms with Crippen molar-refractivity contribution < 1.29 is 4.79 Å². The molecule has 0 aliphatic carbocycles. The van der Waals surface area contributed by atoms with Gasteiger partial charge in [-0.2, -0.15) is 0 Å². The summed E-state index contributed by atoms with van der Waals surface area (Å²) in [5.74, 6) is 0.521. The molecule has 110 valence electrons. The maximum absolute atomic E-state index is 12.9. The highest BCUT2D eigenvalue weighted by Crippen LogP contribution is 2.30. The number of aryl methyl sites for hydroxylation is 1. The van der Waals surface area contributed by atoms with E-state index in [0.717, 1.165) is 24.0 Å². The van der Waals surface area contributed by atoms with Gasteiger partial charge in [0, 0.05) is 11.5 Å². The second-order valence-electron chi connectivity index (χ2n) is 5.69. The summed E-state index contributed by atoms with van der Waals surface area (Å²) in [7, 11) is 0. The monoisotopic (exact) mass is 280 g/mol. The van der Waals surface area contributed by atoms with Crippen molar-refractivity contribution in [1.82, 2.24) is 0 Å². The van der Waals surface area contributed by atoms with Gasteiger partial charge in [0.25, 0.3) is 0 Å². The van der Waals surface area contributed by atoms with Gasteiger partial charge in [-0.05, 0) is 23.5 Å². The maximum atomic E-state index is 12.9. The molecular formula is C20H24O. The molecule has 2 unspecified atom stereocenters. The summed E-state index contributed by atoms with van der Waals surface area (Å²) in [6.45, 7) is 6.44. The van der Waals surface area contributed by atoms with Crippen molar-refractivity contribution in [3.8, 4) is 0 Å². The van der Waals surface area contributed by atoms with E-state index in [9.17, 15) is 4.79 Å². The molecule has 0 saturated carbocycles. The van der Waals surface area contributed by atoms with Crippen LogP contribution in [-0.2, 0) is 6.42 Å². The van der Waals surface area contributed by atoms with Gasteiger partial charge in [0.1, 0.15) is 0 Å². The Bertz CT molecular complexity index is 569. The highest BCUT2D eigenvalue weighted by molar-refractivity contribution is 6.01. The molecule has 2 aromatic rings. The molecule has 0 N–H and O–H groups in total. The summed E-state index contributed by atoms with van der Waals surface area (Å²) in [5, 5.41) is 0. The number of Topliss-reactive ketones (excluding diaryl/α,β-unsaturated/α-hetero) is 1. The van der Waals surface area contributed by atoms with Gasteiger partial charge in [0.15, 0.2) is 5.78 Å². The lowest BCUT2D eigenvalue weighted by atomic mass is 9.80. The van der Waals surface area contributed by atoms with Crippen LogP contribution in [0.15, 0.2) is 54.6 Å². The first-order valence-electron chi connectivity index (χ1n) is 7.85. The Morgan fingerprint density at radius 2 is 1.57 bits per heavy atom. The molecule has 2 atom stereocenters. The van der Waals surface area contributed by atoms with Gasteiger partial charge in [-0.3, -0.25) is 4.79 Å². The fourth-order valence-electron chi connectivity index (χ4n) is 2.72. The second kappa shape index (κ2) is 7.21. The molecule has 0 saturated heterocycles. The minimum Gasteiger partial charge on any atom is -0.293 e. The zero-order valence-corrected chi connectivity index (χ0v) is 13.2. The van der Waals surface area contributed by atoms with Crippen LogP contribution in [0.3, 0.4) is 0 Å². The lowest BCUT2D eigenvalue weighted by Gasteiger charge is -2.22. The number of benzene rings is 2. The largest absolute Gasteiger partial charge is 0.293 e. The standard InChI is InChI=1S/C20H24O/c1-4-15(3)19(17-9-7-6-8-10-17)20(21)18-13-11-16(5-2)12-14-18/h6-15,19H,4-5H2,1-3H3. The van der Waals surface area contributed by atoms with Crippen LogP contribution < -0.4 is 0 Å². The van der Waals surface area contributed by atoms with Crippen molar-refractivity contribution in [2.45, 2.75) is 39.5 Å². The van der Waals surface area contributed by atoms with Crippen molar-refractivity contribution in [2.24, 2.45) is 5.92 Å². The van der Waals surface area contributed by atoms with Crippen LogP contribution in [0.25, 0.3) is 0 Å². The number of rotatable bonds is 6. The van der Waals surface area contributed by atoms with Crippen LogP contribution in [0, 0.1) is 5.92 Å². The Labute approximate surface area is 128 Å². The minimum atomic E-state index is -0.0522. The van der Waals surface area contributed by atoms with E-state index in [1.54, 1.807) is 0 Å². The first-order valence-corrected chi connectivity index (χ1v) is 7.85. The molecule has 0 radical (unpaired) electrons. The summed E-state index contributed by atoms with van der Waals surface area (Å²) in [6, 6.07) is 18.2. The van der Waals surface area contributed by atoms with Crippen LogP contribution in [0.2, 0.25) is 0 Å². The lowest BCUT2D eigenvalue weighted by Crippen LogP contribution is -2.20. The van der Waals surface area contributed by atoms with Crippen molar-refractivity contribution in [3.05, 3.63) is 71.3 Å². The highest BCUT2D eigenvalue weighted by Gasteiger charge is 2.26. The molecule has 0 bridgehead atoms. The number of hydrogen-bond donors (Lipinski definition) is 0. The van der Waals surface area contributed by atoms with Crippen LogP contribution in [0.5, 0.6) is 0 Å². The predicted octanol–water partition coefficient (Wildman–Crippen LogP) is 5.26. The van der Waals surface area contributed by atoms with E-state index in [4.69, 9.17) is 0 Å². The van der Waals surface area contributed by atoms with E-state index in [0.29, 0.717) is 5.92 Å². The molecule has 1 heteroatoms. The SMILES string of the molecule is CCc1ccc(C(=O)C(c2ccccc2)C(C)CC)cc1. The lowest BCUT2D eigenvalue weighted by molar-refractivity contribution is 0.0932. The van der Waals surface area contributed by atoms with Crippen molar-refractivity contribution in [3.63, 3.8) is 0 Å². The Kier molecular flexibility index (Phi) is 5.32. The van der Waals surface area contributed by atoms with Crippen LogP contribution >= 0.6 is 0 Å². The number of ketones is 1. The first-order chi connectivity index (χ1) is 10.2. The molecule has 2 aromatic carbocycles. The third-order valence-corrected chi connectivity index (χ3v) is 4.30. The molecule has 0 spiro atoms. The normalized spacial score (nSPS) is 13.7. The number of carbonyl (C=O) groups is 1. The minimum absolute atomic E-state index is 0.0522. The summed E-state index contributed by atoms with van der Waals surface area (Å²) < 4.78 is 0. The molecule has 0 fully saturated rings. The molecule has 0 aliphatic rings. The van der Waals surface area contributed by atoms with Gasteiger partial charge < -0.3 is 0 Å². The van der Waals surface area contributed by atoms with Crippen molar-refractivity contribution >= 4 is 5.78 Å². The van der Waals surface area contributed by atoms with Crippen LogP contribution in [-0.4, -0.2) is 5.78 Å². The highest BCUT2D eigenvalue weighted by atomic mass is 16.1. The van der Waals surface area contributed by atoms with Crippen molar-refractivity contribution in [1.29, 1.82) is 0 Å². The van der Waals surface area contributed by atoms with Gasteiger partial charge in [-0.25, -0.2) is 0 Å². The van der Waals surface area contributed by atoms with Gasteiger partial charge in [-0.1, -0.05) is 81.8 Å². The Morgan fingerprint density at radius 1 is 0.952 bits per heavy atom. The van der Waals surface area contributed by atoms with E-state index >= 15 is 0 Å². The molecule has 1 nitrogen and oxygen atoms in total. The molecule has 0 amide bonds. The van der Waals surface area contributed by atoms with E-state index in [1.165, 1.54) is 5.56 Å². The topological polar surface area (TPSA) is 17.1 Å². The molecule has 2 rings (SSSR count). The Balaban J connectivity index is 2.34. The first kappa shape index (κ1) is 15.5.